The van der Waals surface area contributed by atoms with Crippen molar-refractivity contribution in [1.82, 2.24) is 15.5 Å². The molecule has 0 atom stereocenters. The lowest BCUT2D eigenvalue weighted by Crippen LogP contribution is -2.45. The molecule has 1 aromatic heterocycles. The standard InChI is InChI=1S/C17H29N3O3/c1-2-15-19-16(23-20-15)13-3-5-14(6-4-13)18-11-17(12-21)7-9-22-10-8-17/h13-14,18,21H,2-12H2,1H3. The van der Waals surface area contributed by atoms with Crippen LogP contribution in [0.4, 0.5) is 0 Å². The van der Waals surface area contributed by atoms with Gasteiger partial charge in [0.05, 0.1) is 6.61 Å². The molecule has 1 aliphatic carbocycles. The largest absolute Gasteiger partial charge is 0.396 e. The first-order valence-electron chi connectivity index (χ1n) is 8.99. The minimum atomic E-state index is 0.0115. The summed E-state index contributed by atoms with van der Waals surface area (Å²) in [7, 11) is 0. The molecule has 0 unspecified atom stereocenters. The fourth-order valence-corrected chi connectivity index (χ4v) is 3.68. The van der Waals surface area contributed by atoms with Crippen molar-refractivity contribution in [3.8, 4) is 0 Å². The molecule has 0 aromatic carbocycles. The smallest absolute Gasteiger partial charge is 0.229 e. The van der Waals surface area contributed by atoms with E-state index in [1.54, 1.807) is 0 Å². The fraction of sp³-hybridized carbons (Fsp3) is 0.882. The first-order valence-corrected chi connectivity index (χ1v) is 8.99. The van der Waals surface area contributed by atoms with Crippen molar-refractivity contribution < 1.29 is 14.4 Å². The lowest BCUT2D eigenvalue weighted by atomic mass is 9.80. The first-order chi connectivity index (χ1) is 11.2. The number of aliphatic hydroxyl groups is 1. The first kappa shape index (κ1) is 16.9. The number of nitrogens with zero attached hydrogens (tertiary/aromatic N) is 2. The quantitative estimate of drug-likeness (QED) is 0.834. The van der Waals surface area contributed by atoms with Gasteiger partial charge in [0.25, 0.3) is 0 Å². The number of ether oxygens (including phenoxy) is 1. The van der Waals surface area contributed by atoms with Crippen LogP contribution in [-0.2, 0) is 11.2 Å². The van der Waals surface area contributed by atoms with E-state index in [9.17, 15) is 5.11 Å². The monoisotopic (exact) mass is 323 g/mol. The molecule has 2 heterocycles. The summed E-state index contributed by atoms with van der Waals surface area (Å²) in [4.78, 5) is 4.48. The number of rotatable bonds is 6. The number of aliphatic hydroxyl groups excluding tert-OH is 1. The van der Waals surface area contributed by atoms with E-state index >= 15 is 0 Å². The molecule has 1 saturated heterocycles. The van der Waals surface area contributed by atoms with Crippen LogP contribution in [0, 0.1) is 5.41 Å². The van der Waals surface area contributed by atoms with Crippen LogP contribution in [0.25, 0.3) is 0 Å². The van der Waals surface area contributed by atoms with Gasteiger partial charge in [-0.25, -0.2) is 0 Å². The lowest BCUT2D eigenvalue weighted by molar-refractivity contribution is -0.0171. The van der Waals surface area contributed by atoms with Crippen LogP contribution in [0.5, 0.6) is 0 Å². The van der Waals surface area contributed by atoms with Crippen LogP contribution in [0.3, 0.4) is 0 Å². The van der Waals surface area contributed by atoms with E-state index in [0.29, 0.717) is 12.0 Å². The summed E-state index contributed by atoms with van der Waals surface area (Å²) in [5.74, 6) is 2.04. The highest BCUT2D eigenvalue weighted by atomic mass is 16.5. The summed E-state index contributed by atoms with van der Waals surface area (Å²) in [6.07, 6.45) is 7.18. The highest BCUT2D eigenvalue weighted by Crippen LogP contribution is 2.33. The van der Waals surface area contributed by atoms with E-state index < -0.39 is 0 Å². The topological polar surface area (TPSA) is 80.4 Å². The van der Waals surface area contributed by atoms with Gasteiger partial charge in [-0.1, -0.05) is 12.1 Å². The molecule has 130 valence electrons. The minimum absolute atomic E-state index is 0.0115. The van der Waals surface area contributed by atoms with E-state index in [1.807, 2.05) is 6.92 Å². The van der Waals surface area contributed by atoms with Gasteiger partial charge in [-0.05, 0) is 38.5 Å². The Morgan fingerprint density at radius 1 is 1.22 bits per heavy atom. The summed E-state index contributed by atoms with van der Waals surface area (Å²) in [6.45, 7) is 4.73. The van der Waals surface area contributed by atoms with Gasteiger partial charge < -0.3 is 19.7 Å². The van der Waals surface area contributed by atoms with Crippen LogP contribution >= 0.6 is 0 Å². The Balaban J connectivity index is 1.45. The second-order valence-corrected chi connectivity index (χ2v) is 7.10. The van der Waals surface area contributed by atoms with Crippen LogP contribution in [0.1, 0.15) is 63.1 Å². The van der Waals surface area contributed by atoms with Crippen molar-refractivity contribution in [3.63, 3.8) is 0 Å². The van der Waals surface area contributed by atoms with Crippen molar-refractivity contribution in [2.75, 3.05) is 26.4 Å². The van der Waals surface area contributed by atoms with Gasteiger partial charge in [0, 0.05) is 43.6 Å². The summed E-state index contributed by atoms with van der Waals surface area (Å²) in [6, 6.07) is 0.533. The highest BCUT2D eigenvalue weighted by Gasteiger charge is 2.33. The molecule has 2 aliphatic rings. The van der Waals surface area contributed by atoms with Gasteiger partial charge in [0.1, 0.15) is 0 Å². The van der Waals surface area contributed by atoms with Crippen LogP contribution < -0.4 is 5.32 Å². The van der Waals surface area contributed by atoms with Gasteiger partial charge in [0.15, 0.2) is 5.82 Å². The SMILES string of the molecule is CCc1noc(C2CCC(NCC3(CO)CCOCC3)CC2)n1. The van der Waals surface area contributed by atoms with Crippen molar-refractivity contribution in [2.24, 2.45) is 5.41 Å². The zero-order valence-electron chi connectivity index (χ0n) is 14.1. The summed E-state index contributed by atoms with van der Waals surface area (Å²) in [5.41, 5.74) is 0.0115. The van der Waals surface area contributed by atoms with Gasteiger partial charge in [0.2, 0.25) is 5.89 Å². The molecular formula is C17H29N3O3. The van der Waals surface area contributed by atoms with E-state index in [1.165, 1.54) is 0 Å². The zero-order valence-corrected chi connectivity index (χ0v) is 14.1. The Hall–Kier alpha value is -0.980. The van der Waals surface area contributed by atoms with E-state index in [2.05, 4.69) is 15.5 Å². The van der Waals surface area contributed by atoms with E-state index in [0.717, 1.165) is 76.4 Å². The minimum Gasteiger partial charge on any atom is -0.396 e. The number of hydrogen-bond acceptors (Lipinski definition) is 6. The molecule has 2 fully saturated rings. The summed E-state index contributed by atoms with van der Waals surface area (Å²) >= 11 is 0. The normalized spacial score (nSPS) is 27.9. The molecule has 3 rings (SSSR count). The van der Waals surface area contributed by atoms with Gasteiger partial charge in [-0.2, -0.15) is 4.98 Å². The van der Waals surface area contributed by atoms with Gasteiger partial charge in [-0.3, -0.25) is 0 Å². The lowest BCUT2D eigenvalue weighted by Gasteiger charge is -2.38. The van der Waals surface area contributed by atoms with Crippen molar-refractivity contribution in [3.05, 3.63) is 11.7 Å². The predicted octanol–water partition coefficient (Wildman–Crippen LogP) is 2.04. The average Bonchev–Trinajstić information content (AvgIpc) is 3.10. The summed E-state index contributed by atoms with van der Waals surface area (Å²) < 4.78 is 10.8. The molecule has 1 aliphatic heterocycles. The third-order valence-electron chi connectivity index (χ3n) is 5.53. The van der Waals surface area contributed by atoms with Gasteiger partial charge >= 0.3 is 0 Å². The van der Waals surface area contributed by atoms with E-state index in [-0.39, 0.29) is 12.0 Å². The molecule has 0 amide bonds. The average molecular weight is 323 g/mol. The maximum atomic E-state index is 9.76. The van der Waals surface area contributed by atoms with Crippen molar-refractivity contribution >= 4 is 0 Å². The van der Waals surface area contributed by atoms with Crippen LogP contribution in [-0.4, -0.2) is 47.7 Å². The highest BCUT2D eigenvalue weighted by molar-refractivity contribution is 4.97. The molecule has 6 heteroatoms. The number of aromatic nitrogens is 2. The Bertz CT molecular complexity index is 477. The molecule has 2 N–H and O–H groups in total. The van der Waals surface area contributed by atoms with E-state index in [4.69, 9.17) is 9.26 Å². The maximum Gasteiger partial charge on any atom is 0.229 e. The Kier molecular flexibility index (Phi) is 5.67. The molecule has 23 heavy (non-hydrogen) atoms. The molecule has 1 saturated carbocycles. The summed E-state index contributed by atoms with van der Waals surface area (Å²) in [5, 5.41) is 17.5. The zero-order chi connectivity index (χ0) is 16.1. The number of nitrogens with one attached hydrogen (secondary N) is 1. The predicted molar refractivity (Wildman–Crippen MR) is 86.2 cm³/mol. The number of aryl methyl sites for hydroxylation is 1. The molecule has 1 aromatic rings. The second-order valence-electron chi connectivity index (χ2n) is 7.10. The molecular weight excluding hydrogens is 294 g/mol. The molecule has 0 bridgehead atoms. The maximum absolute atomic E-state index is 9.76. The van der Waals surface area contributed by atoms with Crippen LogP contribution in [0.2, 0.25) is 0 Å². The van der Waals surface area contributed by atoms with Gasteiger partial charge in [-0.15, -0.1) is 0 Å². The van der Waals surface area contributed by atoms with Crippen molar-refractivity contribution in [2.45, 2.75) is 63.8 Å². The van der Waals surface area contributed by atoms with Crippen molar-refractivity contribution in [1.29, 1.82) is 0 Å². The Morgan fingerprint density at radius 2 is 1.96 bits per heavy atom. The Labute approximate surface area is 138 Å². The molecule has 0 radical (unpaired) electrons. The fourth-order valence-electron chi connectivity index (χ4n) is 3.68. The second kappa shape index (κ2) is 7.73. The molecule has 6 nitrogen and oxygen atoms in total. The third kappa shape index (κ3) is 4.11. The Morgan fingerprint density at radius 3 is 2.57 bits per heavy atom. The van der Waals surface area contributed by atoms with Crippen LogP contribution in [0.15, 0.2) is 4.52 Å². The third-order valence-corrected chi connectivity index (χ3v) is 5.53. The number of hydrogen-bond donors (Lipinski definition) is 2. The molecule has 0 spiro atoms.